The van der Waals surface area contributed by atoms with E-state index in [9.17, 15) is 14.7 Å². The third kappa shape index (κ3) is 6.13. The average molecular weight is 602 g/mol. The van der Waals surface area contributed by atoms with Gasteiger partial charge in [-0.1, -0.05) is 42.5 Å². The van der Waals surface area contributed by atoms with Gasteiger partial charge in [-0.2, -0.15) is 0 Å². The van der Waals surface area contributed by atoms with E-state index in [1.54, 1.807) is 18.9 Å². The van der Waals surface area contributed by atoms with Crippen molar-refractivity contribution in [1.82, 2.24) is 4.90 Å². The molecule has 42 heavy (non-hydrogen) atoms. The number of carboxylic acids is 1. The number of hydrogen-bond acceptors (Lipinski definition) is 7. The summed E-state index contributed by atoms with van der Waals surface area (Å²) >= 11 is 3.46. The normalized spacial score (nSPS) is 17.1. The standard InChI is InChI=1S/C33H35N3O4S2/c1-23-26-22-25(13-14-29(26)40-31(23)33(38)39)42-36(16-15-24-8-3-2-4-9-24)28-11-6-5-10-27(28)34-17-19-35(20-18-34)32(37)30-12-7-21-41-30/h2-6,8-11,13-14,22,30H,7,12,15-21H2,1H3,(H,38,39). The predicted molar refractivity (Wildman–Crippen MR) is 172 cm³/mol. The molecule has 7 nitrogen and oxygen atoms in total. The molecular weight excluding hydrogens is 567 g/mol. The Bertz CT molecular complexity index is 1560. The zero-order valence-electron chi connectivity index (χ0n) is 23.7. The van der Waals surface area contributed by atoms with Crippen LogP contribution in [-0.2, 0) is 11.2 Å². The first kappa shape index (κ1) is 28.6. The highest BCUT2D eigenvalue weighted by molar-refractivity contribution is 8.01. The molecule has 1 N–H and O–H groups in total. The van der Waals surface area contributed by atoms with Gasteiger partial charge >= 0.3 is 5.97 Å². The van der Waals surface area contributed by atoms with Crippen LogP contribution in [-0.4, -0.2) is 65.6 Å². The van der Waals surface area contributed by atoms with Crippen LogP contribution >= 0.6 is 23.7 Å². The molecule has 0 spiro atoms. The fourth-order valence-electron chi connectivity index (χ4n) is 5.76. The van der Waals surface area contributed by atoms with Crippen LogP contribution in [0.2, 0.25) is 0 Å². The number of anilines is 2. The number of benzene rings is 3. The first-order chi connectivity index (χ1) is 20.5. The van der Waals surface area contributed by atoms with Crippen LogP contribution in [0.3, 0.4) is 0 Å². The van der Waals surface area contributed by atoms with Crippen LogP contribution in [0.5, 0.6) is 0 Å². The Labute approximate surface area is 255 Å². The minimum Gasteiger partial charge on any atom is -0.475 e. The van der Waals surface area contributed by atoms with Crippen molar-refractivity contribution in [2.45, 2.75) is 36.3 Å². The minimum absolute atomic E-state index is 0.0115. The number of carbonyl (C=O) groups excluding carboxylic acids is 1. The number of para-hydroxylation sites is 2. The number of aromatic carboxylic acids is 1. The van der Waals surface area contributed by atoms with Crippen molar-refractivity contribution in [2.75, 3.05) is 47.7 Å². The highest BCUT2D eigenvalue weighted by Gasteiger charge is 2.31. The lowest BCUT2D eigenvalue weighted by atomic mass is 10.1. The van der Waals surface area contributed by atoms with E-state index in [0.29, 0.717) is 17.1 Å². The van der Waals surface area contributed by atoms with Crippen molar-refractivity contribution in [3.63, 3.8) is 0 Å². The molecule has 4 aromatic rings. The van der Waals surface area contributed by atoms with Crippen LogP contribution in [0, 0.1) is 6.92 Å². The summed E-state index contributed by atoms with van der Waals surface area (Å²) in [5, 5.41) is 10.5. The average Bonchev–Trinajstić information content (AvgIpc) is 3.68. The van der Waals surface area contributed by atoms with E-state index in [4.69, 9.17) is 4.42 Å². The maximum absolute atomic E-state index is 13.0. The number of nitrogens with zero attached hydrogens (tertiary/aromatic N) is 3. The van der Waals surface area contributed by atoms with E-state index in [0.717, 1.165) is 79.4 Å². The van der Waals surface area contributed by atoms with Crippen molar-refractivity contribution < 1.29 is 19.1 Å². The lowest BCUT2D eigenvalue weighted by Crippen LogP contribution is -2.51. The summed E-state index contributed by atoms with van der Waals surface area (Å²) in [4.78, 5) is 30.1. The summed E-state index contributed by atoms with van der Waals surface area (Å²) in [5.74, 6) is 0.331. The Morgan fingerprint density at radius 1 is 1.02 bits per heavy atom. The summed E-state index contributed by atoms with van der Waals surface area (Å²) < 4.78 is 7.95. The Morgan fingerprint density at radius 3 is 2.52 bits per heavy atom. The molecule has 0 saturated carbocycles. The molecule has 2 saturated heterocycles. The maximum atomic E-state index is 13.0. The molecule has 0 aliphatic carbocycles. The number of carbonyl (C=O) groups is 2. The third-order valence-electron chi connectivity index (χ3n) is 8.05. The fraction of sp³-hybridized carbons (Fsp3) is 0.333. The molecule has 6 rings (SSSR count). The van der Waals surface area contributed by atoms with Crippen LogP contribution in [0.1, 0.15) is 34.5 Å². The number of fused-ring (bicyclic) bond motifs is 1. The maximum Gasteiger partial charge on any atom is 0.372 e. The Kier molecular flexibility index (Phi) is 8.67. The van der Waals surface area contributed by atoms with Crippen LogP contribution in [0.15, 0.2) is 82.1 Å². The molecule has 3 heterocycles. The highest BCUT2D eigenvalue weighted by atomic mass is 32.2. The Hall–Kier alpha value is -3.56. The molecule has 0 bridgehead atoms. The van der Waals surface area contributed by atoms with Gasteiger partial charge in [0.15, 0.2) is 0 Å². The largest absolute Gasteiger partial charge is 0.475 e. The van der Waals surface area contributed by atoms with Crippen molar-refractivity contribution in [3.05, 3.63) is 89.7 Å². The lowest BCUT2D eigenvalue weighted by molar-refractivity contribution is -0.130. The van der Waals surface area contributed by atoms with Gasteiger partial charge in [0.2, 0.25) is 11.7 Å². The van der Waals surface area contributed by atoms with E-state index in [-0.39, 0.29) is 11.0 Å². The topological polar surface area (TPSA) is 77.2 Å². The fourth-order valence-corrected chi connectivity index (χ4v) is 8.00. The Morgan fingerprint density at radius 2 is 1.79 bits per heavy atom. The van der Waals surface area contributed by atoms with E-state index >= 15 is 0 Å². The number of rotatable bonds is 9. The molecule has 1 aromatic heterocycles. The van der Waals surface area contributed by atoms with Gasteiger partial charge in [-0.15, -0.1) is 11.8 Å². The third-order valence-corrected chi connectivity index (χ3v) is 10.5. The molecular formula is C33H35N3O4S2. The second-order valence-corrected chi connectivity index (χ2v) is 13.2. The van der Waals surface area contributed by atoms with Gasteiger partial charge in [0.1, 0.15) is 5.58 Å². The van der Waals surface area contributed by atoms with Crippen LogP contribution in [0.4, 0.5) is 11.4 Å². The number of hydrogen-bond donors (Lipinski definition) is 1. The molecule has 2 fully saturated rings. The van der Waals surface area contributed by atoms with Gasteiger partial charge in [-0.25, -0.2) is 4.79 Å². The van der Waals surface area contributed by atoms with Gasteiger partial charge in [0.25, 0.3) is 0 Å². The monoisotopic (exact) mass is 601 g/mol. The van der Waals surface area contributed by atoms with Gasteiger partial charge in [-0.3, -0.25) is 4.79 Å². The van der Waals surface area contributed by atoms with Crippen LogP contribution < -0.4 is 9.21 Å². The van der Waals surface area contributed by atoms with E-state index in [2.05, 4.69) is 62.6 Å². The quantitative estimate of drug-likeness (QED) is 0.212. The smallest absolute Gasteiger partial charge is 0.372 e. The van der Waals surface area contributed by atoms with E-state index in [1.165, 1.54) is 5.56 Å². The summed E-state index contributed by atoms with van der Waals surface area (Å²) in [6, 6.07) is 24.9. The molecule has 1 amide bonds. The molecule has 2 aliphatic rings. The minimum atomic E-state index is -1.06. The van der Waals surface area contributed by atoms with Crippen molar-refractivity contribution in [2.24, 2.45) is 0 Å². The van der Waals surface area contributed by atoms with Gasteiger partial charge in [0.05, 0.1) is 16.6 Å². The zero-order valence-corrected chi connectivity index (χ0v) is 25.3. The lowest BCUT2D eigenvalue weighted by Gasteiger charge is -2.39. The number of thioether (sulfide) groups is 1. The molecule has 9 heteroatoms. The Balaban J connectivity index is 1.26. The molecule has 218 valence electrons. The number of amides is 1. The van der Waals surface area contributed by atoms with Crippen molar-refractivity contribution in [3.8, 4) is 0 Å². The van der Waals surface area contributed by atoms with Gasteiger partial charge < -0.3 is 23.6 Å². The van der Waals surface area contributed by atoms with E-state index in [1.807, 2.05) is 36.0 Å². The first-order valence-electron chi connectivity index (χ1n) is 14.5. The molecule has 3 aromatic carbocycles. The summed E-state index contributed by atoms with van der Waals surface area (Å²) in [5.41, 5.74) is 4.77. The molecule has 2 aliphatic heterocycles. The second kappa shape index (κ2) is 12.8. The highest BCUT2D eigenvalue weighted by Crippen LogP contribution is 2.39. The first-order valence-corrected chi connectivity index (χ1v) is 16.3. The van der Waals surface area contributed by atoms with Gasteiger partial charge in [0, 0.05) is 48.6 Å². The number of furan rings is 1. The zero-order chi connectivity index (χ0) is 29.1. The molecule has 1 atom stereocenters. The second-order valence-electron chi connectivity index (χ2n) is 10.8. The predicted octanol–water partition coefficient (Wildman–Crippen LogP) is 6.74. The molecule has 0 radical (unpaired) electrons. The van der Waals surface area contributed by atoms with Crippen molar-refractivity contribution >= 4 is 57.9 Å². The van der Waals surface area contributed by atoms with Crippen molar-refractivity contribution in [1.29, 1.82) is 0 Å². The number of piperazine rings is 1. The van der Waals surface area contributed by atoms with Gasteiger partial charge in [-0.05, 0) is 79.8 Å². The van der Waals surface area contributed by atoms with E-state index < -0.39 is 5.97 Å². The molecule has 1 unspecified atom stereocenters. The SMILES string of the molecule is Cc1c(C(=O)O)oc2ccc(SN(CCc3ccccc3)c3ccccc3N3CCN(C(=O)C4CCCS4)CC3)cc12. The number of aryl methyl sites for hydroxylation is 1. The summed E-state index contributed by atoms with van der Waals surface area (Å²) in [7, 11) is 0. The summed E-state index contributed by atoms with van der Waals surface area (Å²) in [6.07, 6.45) is 3.01. The van der Waals surface area contributed by atoms with Crippen LogP contribution in [0.25, 0.3) is 11.0 Å². The number of carboxylic acid groups (broad SMARTS) is 1. The summed E-state index contributed by atoms with van der Waals surface area (Å²) in [6.45, 7) is 5.66.